The Morgan fingerprint density at radius 3 is 2.30 bits per heavy atom. The van der Waals surface area contributed by atoms with Gasteiger partial charge >= 0.3 is 0 Å². The van der Waals surface area contributed by atoms with Crippen molar-refractivity contribution in [1.29, 1.82) is 0 Å². The van der Waals surface area contributed by atoms with Gasteiger partial charge in [-0.3, -0.25) is 11.3 Å². The standard InChI is InChI=1S/C16H20N2O2/c1-19-13-9-7-12(8-10-13)11-15(18-17)14-5-3-4-6-16(14)20-2/h3-10,15,18H,11,17H2,1-2H3. The molecule has 1 atom stereocenters. The van der Waals surface area contributed by atoms with Crippen molar-refractivity contribution in [3.8, 4) is 11.5 Å². The molecule has 106 valence electrons. The fourth-order valence-corrected chi connectivity index (χ4v) is 2.21. The van der Waals surface area contributed by atoms with Crippen LogP contribution in [0.4, 0.5) is 0 Å². The van der Waals surface area contributed by atoms with Crippen molar-refractivity contribution in [3.05, 3.63) is 59.7 Å². The monoisotopic (exact) mass is 272 g/mol. The highest BCUT2D eigenvalue weighted by atomic mass is 16.5. The van der Waals surface area contributed by atoms with Crippen LogP contribution in [0.25, 0.3) is 0 Å². The van der Waals surface area contributed by atoms with Crippen LogP contribution in [0.2, 0.25) is 0 Å². The molecule has 0 bridgehead atoms. The summed E-state index contributed by atoms with van der Waals surface area (Å²) in [5, 5.41) is 0. The Labute approximate surface area is 119 Å². The van der Waals surface area contributed by atoms with Crippen molar-refractivity contribution >= 4 is 0 Å². The molecule has 4 heteroatoms. The summed E-state index contributed by atoms with van der Waals surface area (Å²) in [6.07, 6.45) is 0.779. The van der Waals surface area contributed by atoms with E-state index in [9.17, 15) is 0 Å². The summed E-state index contributed by atoms with van der Waals surface area (Å²) in [4.78, 5) is 0. The molecular formula is C16H20N2O2. The molecule has 1 unspecified atom stereocenters. The summed E-state index contributed by atoms with van der Waals surface area (Å²) in [5.41, 5.74) is 5.09. The molecule has 0 saturated carbocycles. The first-order chi connectivity index (χ1) is 9.78. The third-order valence-electron chi connectivity index (χ3n) is 3.31. The van der Waals surface area contributed by atoms with Crippen LogP contribution in [0.5, 0.6) is 11.5 Å². The van der Waals surface area contributed by atoms with E-state index in [4.69, 9.17) is 15.3 Å². The van der Waals surface area contributed by atoms with E-state index in [0.29, 0.717) is 0 Å². The van der Waals surface area contributed by atoms with Crippen molar-refractivity contribution in [3.63, 3.8) is 0 Å². The smallest absolute Gasteiger partial charge is 0.123 e. The lowest BCUT2D eigenvalue weighted by atomic mass is 9.98. The average molecular weight is 272 g/mol. The highest BCUT2D eigenvalue weighted by Crippen LogP contribution is 2.27. The minimum atomic E-state index is -0.000421. The van der Waals surface area contributed by atoms with Gasteiger partial charge in [-0.05, 0) is 30.2 Å². The van der Waals surface area contributed by atoms with Crippen LogP contribution in [0.15, 0.2) is 48.5 Å². The summed E-state index contributed by atoms with van der Waals surface area (Å²) in [6, 6.07) is 15.9. The second-order valence-corrected chi connectivity index (χ2v) is 4.51. The topological polar surface area (TPSA) is 56.5 Å². The maximum Gasteiger partial charge on any atom is 0.123 e. The van der Waals surface area contributed by atoms with Gasteiger partial charge in [0.15, 0.2) is 0 Å². The molecule has 0 amide bonds. The molecule has 2 aromatic carbocycles. The summed E-state index contributed by atoms with van der Waals surface area (Å²) in [7, 11) is 3.33. The van der Waals surface area contributed by atoms with Gasteiger partial charge in [0.05, 0.1) is 20.3 Å². The second-order valence-electron chi connectivity index (χ2n) is 4.51. The highest BCUT2D eigenvalue weighted by molar-refractivity contribution is 5.37. The molecule has 2 aromatic rings. The Morgan fingerprint density at radius 2 is 1.70 bits per heavy atom. The number of para-hydroxylation sites is 1. The fraction of sp³-hybridized carbons (Fsp3) is 0.250. The van der Waals surface area contributed by atoms with Gasteiger partial charge in [-0.15, -0.1) is 0 Å². The number of rotatable bonds is 6. The molecule has 20 heavy (non-hydrogen) atoms. The van der Waals surface area contributed by atoms with E-state index in [1.807, 2.05) is 48.5 Å². The first-order valence-electron chi connectivity index (χ1n) is 6.50. The van der Waals surface area contributed by atoms with Crippen LogP contribution < -0.4 is 20.7 Å². The van der Waals surface area contributed by atoms with Gasteiger partial charge in [-0.2, -0.15) is 0 Å². The Bertz CT molecular complexity index is 540. The minimum absolute atomic E-state index is 0.000421. The SMILES string of the molecule is COc1ccc(CC(NN)c2ccccc2OC)cc1. The van der Waals surface area contributed by atoms with Crippen LogP contribution in [0.1, 0.15) is 17.2 Å². The fourth-order valence-electron chi connectivity index (χ4n) is 2.21. The number of hydrogen-bond donors (Lipinski definition) is 2. The van der Waals surface area contributed by atoms with Gasteiger partial charge < -0.3 is 9.47 Å². The molecule has 0 radical (unpaired) electrons. The van der Waals surface area contributed by atoms with E-state index >= 15 is 0 Å². The van der Waals surface area contributed by atoms with Crippen LogP contribution in [-0.2, 0) is 6.42 Å². The number of nitrogens with one attached hydrogen (secondary N) is 1. The number of methoxy groups -OCH3 is 2. The van der Waals surface area contributed by atoms with Crippen molar-refractivity contribution in [2.45, 2.75) is 12.5 Å². The van der Waals surface area contributed by atoms with E-state index in [1.54, 1.807) is 14.2 Å². The number of benzene rings is 2. The first-order valence-corrected chi connectivity index (χ1v) is 6.50. The normalized spacial score (nSPS) is 11.9. The Morgan fingerprint density at radius 1 is 1.00 bits per heavy atom. The lowest BCUT2D eigenvalue weighted by Gasteiger charge is -2.19. The largest absolute Gasteiger partial charge is 0.497 e. The van der Waals surface area contributed by atoms with E-state index < -0.39 is 0 Å². The lowest BCUT2D eigenvalue weighted by Crippen LogP contribution is -2.29. The minimum Gasteiger partial charge on any atom is -0.497 e. The number of hydrogen-bond acceptors (Lipinski definition) is 4. The Hall–Kier alpha value is -2.04. The number of ether oxygens (including phenoxy) is 2. The molecule has 0 aromatic heterocycles. The molecule has 0 fully saturated rings. The quantitative estimate of drug-likeness (QED) is 0.626. The predicted octanol–water partition coefficient (Wildman–Crippen LogP) is 2.45. The van der Waals surface area contributed by atoms with Gasteiger partial charge in [-0.1, -0.05) is 30.3 Å². The molecular weight excluding hydrogens is 252 g/mol. The predicted molar refractivity (Wildman–Crippen MR) is 79.8 cm³/mol. The third-order valence-corrected chi connectivity index (χ3v) is 3.31. The zero-order valence-corrected chi connectivity index (χ0v) is 11.8. The number of nitrogens with two attached hydrogens (primary N) is 1. The number of hydrazine groups is 1. The van der Waals surface area contributed by atoms with Gasteiger partial charge in [-0.25, -0.2) is 0 Å². The summed E-state index contributed by atoms with van der Waals surface area (Å²) in [6.45, 7) is 0. The Balaban J connectivity index is 2.19. The van der Waals surface area contributed by atoms with Crippen molar-refractivity contribution in [2.24, 2.45) is 5.84 Å². The Kier molecular flexibility index (Phi) is 4.98. The van der Waals surface area contributed by atoms with E-state index in [-0.39, 0.29) is 6.04 Å². The van der Waals surface area contributed by atoms with Crippen molar-refractivity contribution in [1.82, 2.24) is 5.43 Å². The molecule has 0 aliphatic carbocycles. The zero-order chi connectivity index (χ0) is 14.4. The van der Waals surface area contributed by atoms with Gasteiger partial charge in [0.1, 0.15) is 11.5 Å². The van der Waals surface area contributed by atoms with Crippen molar-refractivity contribution in [2.75, 3.05) is 14.2 Å². The summed E-state index contributed by atoms with van der Waals surface area (Å²) in [5.74, 6) is 7.39. The van der Waals surface area contributed by atoms with Crippen LogP contribution >= 0.6 is 0 Å². The molecule has 0 aliphatic heterocycles. The maximum absolute atomic E-state index is 5.70. The van der Waals surface area contributed by atoms with Gasteiger partial charge in [0.25, 0.3) is 0 Å². The van der Waals surface area contributed by atoms with Crippen LogP contribution in [0.3, 0.4) is 0 Å². The molecule has 0 aliphatic rings. The average Bonchev–Trinajstić information content (AvgIpc) is 2.53. The van der Waals surface area contributed by atoms with Crippen molar-refractivity contribution < 1.29 is 9.47 Å². The first kappa shape index (κ1) is 14.4. The summed E-state index contributed by atoms with van der Waals surface area (Å²) >= 11 is 0. The van der Waals surface area contributed by atoms with Gasteiger partial charge in [0.2, 0.25) is 0 Å². The third kappa shape index (κ3) is 3.29. The maximum atomic E-state index is 5.70. The molecule has 3 N–H and O–H groups in total. The second kappa shape index (κ2) is 6.93. The van der Waals surface area contributed by atoms with E-state index in [1.165, 1.54) is 5.56 Å². The van der Waals surface area contributed by atoms with E-state index in [2.05, 4.69) is 5.43 Å². The van der Waals surface area contributed by atoms with Gasteiger partial charge in [0, 0.05) is 5.56 Å². The van der Waals surface area contributed by atoms with Crippen LogP contribution in [-0.4, -0.2) is 14.2 Å². The molecule has 0 saturated heterocycles. The molecule has 0 heterocycles. The molecule has 4 nitrogen and oxygen atoms in total. The molecule has 0 spiro atoms. The molecule has 2 rings (SSSR count). The lowest BCUT2D eigenvalue weighted by molar-refractivity contribution is 0.399. The zero-order valence-electron chi connectivity index (χ0n) is 11.8. The summed E-state index contributed by atoms with van der Waals surface area (Å²) < 4.78 is 10.5. The van der Waals surface area contributed by atoms with E-state index in [0.717, 1.165) is 23.5 Å². The van der Waals surface area contributed by atoms with Crippen LogP contribution in [0, 0.1) is 0 Å². The highest BCUT2D eigenvalue weighted by Gasteiger charge is 2.14.